The Labute approximate surface area is 157 Å². The lowest BCUT2D eigenvalue weighted by Gasteiger charge is -2.44. The number of ether oxygens (including phenoxy) is 1. The van der Waals surface area contributed by atoms with Crippen LogP contribution in [0.3, 0.4) is 0 Å². The van der Waals surface area contributed by atoms with Gasteiger partial charge in [0.05, 0.1) is 5.41 Å². The number of carbonyl (C=O) groups excluding carboxylic acids is 2. The predicted molar refractivity (Wildman–Crippen MR) is 95.8 cm³/mol. The Morgan fingerprint density at radius 3 is 2.74 bits per heavy atom. The van der Waals surface area contributed by atoms with Crippen LogP contribution in [-0.4, -0.2) is 65.6 Å². The third-order valence-corrected chi connectivity index (χ3v) is 6.23. The van der Waals surface area contributed by atoms with Crippen molar-refractivity contribution in [1.82, 2.24) is 9.80 Å². The molecule has 3 saturated heterocycles. The van der Waals surface area contributed by atoms with E-state index in [-0.39, 0.29) is 23.4 Å². The number of rotatable bonds is 2. The van der Waals surface area contributed by atoms with E-state index in [0.717, 1.165) is 44.4 Å². The fourth-order valence-corrected chi connectivity index (χ4v) is 4.70. The topological polar surface area (TPSA) is 70.1 Å². The molecule has 1 atom stereocenters. The van der Waals surface area contributed by atoms with Crippen LogP contribution in [0, 0.1) is 11.2 Å². The molecule has 3 aliphatic rings. The molecule has 1 N–H and O–H groups in total. The van der Waals surface area contributed by atoms with Crippen LogP contribution in [0.25, 0.3) is 0 Å². The highest BCUT2D eigenvalue weighted by atomic mass is 19.1. The highest BCUT2D eigenvalue weighted by molar-refractivity contribution is 5.96. The van der Waals surface area contributed by atoms with Crippen LogP contribution < -0.4 is 0 Å². The van der Waals surface area contributed by atoms with Crippen molar-refractivity contribution in [2.75, 3.05) is 32.8 Å². The normalized spacial score (nSPS) is 26.8. The fourth-order valence-electron chi connectivity index (χ4n) is 4.70. The van der Waals surface area contributed by atoms with E-state index in [2.05, 4.69) is 0 Å². The Morgan fingerprint density at radius 1 is 1.22 bits per heavy atom. The fraction of sp³-hybridized carbons (Fsp3) is 0.600. The number of nitrogens with zero attached hydrogens (tertiary/aromatic N) is 2. The lowest BCUT2D eigenvalue weighted by Crippen LogP contribution is -2.55. The summed E-state index contributed by atoms with van der Waals surface area (Å²) in [6, 6.07) is 3.86. The zero-order valence-electron chi connectivity index (χ0n) is 15.3. The highest BCUT2D eigenvalue weighted by Gasteiger charge is 2.50. The maximum absolute atomic E-state index is 13.3. The van der Waals surface area contributed by atoms with E-state index in [1.165, 1.54) is 6.07 Å². The van der Waals surface area contributed by atoms with Crippen LogP contribution in [0.1, 0.15) is 42.5 Å². The first-order valence-electron chi connectivity index (χ1n) is 9.67. The van der Waals surface area contributed by atoms with Gasteiger partial charge >= 0.3 is 0 Å². The number of phenols is 1. The second-order valence-electron chi connectivity index (χ2n) is 7.87. The van der Waals surface area contributed by atoms with Crippen molar-refractivity contribution in [3.8, 4) is 5.75 Å². The summed E-state index contributed by atoms with van der Waals surface area (Å²) in [6.07, 6.45) is 4.15. The van der Waals surface area contributed by atoms with Gasteiger partial charge in [0.25, 0.3) is 5.91 Å². The van der Waals surface area contributed by atoms with Crippen molar-refractivity contribution in [3.63, 3.8) is 0 Å². The molecule has 3 fully saturated rings. The number of likely N-dealkylation sites (tertiary alicyclic amines) is 2. The molecule has 7 heteroatoms. The number of carbonyl (C=O) groups is 2. The molecule has 0 unspecified atom stereocenters. The molecule has 6 nitrogen and oxygen atoms in total. The van der Waals surface area contributed by atoms with Gasteiger partial charge in [-0.3, -0.25) is 9.59 Å². The smallest absolute Gasteiger partial charge is 0.254 e. The van der Waals surface area contributed by atoms with E-state index in [9.17, 15) is 19.1 Å². The van der Waals surface area contributed by atoms with E-state index < -0.39 is 17.0 Å². The van der Waals surface area contributed by atoms with Crippen LogP contribution in [0.5, 0.6) is 5.75 Å². The molecule has 27 heavy (non-hydrogen) atoms. The average Bonchev–Trinajstić information content (AvgIpc) is 3.11. The SMILES string of the molecule is O=C(c1ccc(F)c(O)c1)N1CC[C@]2(CCCN(C3CCOCC3)C2=O)C1. The Bertz CT molecular complexity index is 749. The lowest BCUT2D eigenvalue weighted by atomic mass is 9.77. The minimum absolute atomic E-state index is 0.165. The summed E-state index contributed by atoms with van der Waals surface area (Å²) in [5.74, 6) is -1.38. The molecule has 1 spiro atoms. The quantitative estimate of drug-likeness (QED) is 0.859. The molecule has 3 heterocycles. The van der Waals surface area contributed by atoms with Crippen molar-refractivity contribution < 1.29 is 23.8 Å². The average molecular weight is 376 g/mol. The second kappa shape index (κ2) is 7.11. The van der Waals surface area contributed by atoms with Crippen molar-refractivity contribution >= 4 is 11.8 Å². The monoisotopic (exact) mass is 376 g/mol. The standard InChI is InChI=1S/C20H25FN2O4/c21-16-3-2-14(12-17(16)24)18(25)22-9-7-20(13-22)6-1-8-23(19(20)26)15-4-10-27-11-5-15/h2-3,12,15,24H,1,4-11,13H2/t20-/m1/s1. The molecule has 0 aromatic heterocycles. The molecule has 1 aromatic rings. The number of phenolic OH excluding ortho intramolecular Hbond substituents is 1. The van der Waals surface area contributed by atoms with Gasteiger partial charge in [-0.05, 0) is 50.3 Å². The van der Waals surface area contributed by atoms with Gasteiger partial charge < -0.3 is 19.6 Å². The van der Waals surface area contributed by atoms with Crippen LogP contribution in [-0.2, 0) is 9.53 Å². The van der Waals surface area contributed by atoms with Crippen molar-refractivity contribution in [2.24, 2.45) is 5.41 Å². The van der Waals surface area contributed by atoms with Crippen molar-refractivity contribution in [3.05, 3.63) is 29.6 Å². The summed E-state index contributed by atoms with van der Waals surface area (Å²) >= 11 is 0. The van der Waals surface area contributed by atoms with E-state index in [1.54, 1.807) is 4.90 Å². The maximum atomic E-state index is 13.3. The molecule has 2 amide bonds. The Hall–Kier alpha value is -2.15. The number of amides is 2. The van der Waals surface area contributed by atoms with Crippen LogP contribution in [0.2, 0.25) is 0 Å². The summed E-state index contributed by atoms with van der Waals surface area (Å²) in [5, 5.41) is 9.54. The number of hydrogen-bond donors (Lipinski definition) is 1. The Morgan fingerprint density at radius 2 is 2.00 bits per heavy atom. The van der Waals surface area contributed by atoms with E-state index in [4.69, 9.17) is 4.74 Å². The van der Waals surface area contributed by atoms with Gasteiger partial charge in [-0.1, -0.05) is 0 Å². The van der Waals surface area contributed by atoms with Crippen molar-refractivity contribution in [1.29, 1.82) is 0 Å². The van der Waals surface area contributed by atoms with Gasteiger partial charge in [-0.25, -0.2) is 4.39 Å². The van der Waals surface area contributed by atoms with Gasteiger partial charge in [0.2, 0.25) is 5.91 Å². The summed E-state index contributed by atoms with van der Waals surface area (Å²) < 4.78 is 18.7. The molecule has 0 saturated carbocycles. The summed E-state index contributed by atoms with van der Waals surface area (Å²) in [4.78, 5) is 29.8. The molecule has 0 aliphatic carbocycles. The summed E-state index contributed by atoms with van der Waals surface area (Å²) in [5.41, 5.74) is -0.260. The summed E-state index contributed by atoms with van der Waals surface area (Å²) in [6.45, 7) is 3.07. The van der Waals surface area contributed by atoms with Gasteiger partial charge in [-0.2, -0.15) is 0 Å². The van der Waals surface area contributed by atoms with E-state index in [0.29, 0.717) is 32.7 Å². The van der Waals surface area contributed by atoms with Crippen LogP contribution >= 0.6 is 0 Å². The number of piperidine rings is 1. The minimum atomic E-state index is -0.751. The van der Waals surface area contributed by atoms with Gasteiger partial charge in [0.15, 0.2) is 11.6 Å². The first kappa shape index (κ1) is 18.2. The number of aromatic hydroxyl groups is 1. The van der Waals surface area contributed by atoms with Crippen LogP contribution in [0.4, 0.5) is 4.39 Å². The number of hydrogen-bond acceptors (Lipinski definition) is 4. The Balaban J connectivity index is 1.49. The largest absolute Gasteiger partial charge is 0.505 e. The number of benzene rings is 1. The Kier molecular flexibility index (Phi) is 4.80. The molecular weight excluding hydrogens is 351 g/mol. The minimum Gasteiger partial charge on any atom is -0.505 e. The van der Waals surface area contributed by atoms with Gasteiger partial charge in [-0.15, -0.1) is 0 Å². The molecular formula is C20H25FN2O4. The van der Waals surface area contributed by atoms with Gasteiger partial charge in [0, 0.05) is 44.5 Å². The molecule has 0 bridgehead atoms. The zero-order chi connectivity index (χ0) is 19.0. The third-order valence-electron chi connectivity index (χ3n) is 6.23. The first-order valence-corrected chi connectivity index (χ1v) is 9.67. The van der Waals surface area contributed by atoms with Crippen molar-refractivity contribution in [2.45, 2.75) is 38.1 Å². The maximum Gasteiger partial charge on any atom is 0.254 e. The third kappa shape index (κ3) is 3.29. The zero-order valence-corrected chi connectivity index (χ0v) is 15.3. The van der Waals surface area contributed by atoms with E-state index >= 15 is 0 Å². The van der Waals surface area contributed by atoms with Crippen LogP contribution in [0.15, 0.2) is 18.2 Å². The lowest BCUT2D eigenvalue weighted by molar-refractivity contribution is -0.150. The molecule has 3 aliphatic heterocycles. The van der Waals surface area contributed by atoms with E-state index in [1.807, 2.05) is 4.90 Å². The first-order chi connectivity index (χ1) is 13.0. The molecule has 0 radical (unpaired) electrons. The van der Waals surface area contributed by atoms with Gasteiger partial charge in [0.1, 0.15) is 0 Å². The summed E-state index contributed by atoms with van der Waals surface area (Å²) in [7, 11) is 0. The molecule has 1 aromatic carbocycles. The predicted octanol–water partition coefficient (Wildman–Crippen LogP) is 2.17. The highest BCUT2D eigenvalue weighted by Crippen LogP contribution is 2.42. The molecule has 146 valence electrons. The second-order valence-corrected chi connectivity index (χ2v) is 7.87. The number of halogens is 1. The molecule has 4 rings (SSSR count).